The van der Waals surface area contributed by atoms with E-state index in [1.54, 1.807) is 18.6 Å². The van der Waals surface area contributed by atoms with E-state index in [1.807, 2.05) is 29.7 Å². The zero-order valence-corrected chi connectivity index (χ0v) is 11.5. The SMILES string of the molecule is Cc1cnc2c(c1)nc(-c1cccnc1)n2CCC(=O)O. The second-order valence-electron chi connectivity index (χ2n) is 4.83. The van der Waals surface area contributed by atoms with Gasteiger partial charge in [-0.05, 0) is 30.7 Å². The number of aliphatic carboxylic acids is 1. The molecule has 3 heterocycles. The van der Waals surface area contributed by atoms with Crippen LogP contribution in [0, 0.1) is 6.92 Å². The first-order valence-electron chi connectivity index (χ1n) is 6.60. The third-order valence-electron chi connectivity index (χ3n) is 3.19. The molecule has 0 aliphatic rings. The van der Waals surface area contributed by atoms with Gasteiger partial charge in [-0.25, -0.2) is 9.97 Å². The van der Waals surface area contributed by atoms with Crippen LogP contribution in [0.15, 0.2) is 36.8 Å². The minimum atomic E-state index is -0.846. The Morgan fingerprint density at radius 3 is 2.95 bits per heavy atom. The van der Waals surface area contributed by atoms with Crippen LogP contribution in [0.4, 0.5) is 0 Å². The summed E-state index contributed by atoms with van der Waals surface area (Å²) < 4.78 is 1.83. The van der Waals surface area contributed by atoms with Crippen molar-refractivity contribution in [3.05, 3.63) is 42.4 Å². The van der Waals surface area contributed by atoms with E-state index in [2.05, 4.69) is 15.0 Å². The second-order valence-corrected chi connectivity index (χ2v) is 4.83. The van der Waals surface area contributed by atoms with E-state index in [1.165, 1.54) is 0 Å². The minimum absolute atomic E-state index is 0.0221. The first-order valence-corrected chi connectivity index (χ1v) is 6.60. The monoisotopic (exact) mass is 282 g/mol. The molecule has 0 spiro atoms. The first-order chi connectivity index (χ1) is 10.1. The fourth-order valence-corrected chi connectivity index (χ4v) is 2.25. The minimum Gasteiger partial charge on any atom is -0.481 e. The van der Waals surface area contributed by atoms with Crippen molar-refractivity contribution >= 4 is 17.1 Å². The highest BCUT2D eigenvalue weighted by Crippen LogP contribution is 2.23. The van der Waals surface area contributed by atoms with Crippen LogP contribution in [0.3, 0.4) is 0 Å². The molecule has 3 rings (SSSR count). The number of pyridine rings is 2. The van der Waals surface area contributed by atoms with Gasteiger partial charge in [0.2, 0.25) is 0 Å². The zero-order valence-electron chi connectivity index (χ0n) is 11.5. The van der Waals surface area contributed by atoms with Gasteiger partial charge in [-0.15, -0.1) is 0 Å². The molecule has 6 nitrogen and oxygen atoms in total. The maximum absolute atomic E-state index is 10.9. The van der Waals surface area contributed by atoms with Crippen molar-refractivity contribution in [3.8, 4) is 11.4 Å². The van der Waals surface area contributed by atoms with Crippen LogP contribution < -0.4 is 0 Å². The highest BCUT2D eigenvalue weighted by Gasteiger charge is 2.14. The standard InChI is InChI=1S/C15H14N4O2/c1-10-7-12-15(17-8-10)19(6-4-13(20)21)14(18-12)11-3-2-5-16-9-11/h2-3,5,7-9H,4,6H2,1H3,(H,20,21). The summed E-state index contributed by atoms with van der Waals surface area (Å²) >= 11 is 0. The van der Waals surface area contributed by atoms with Gasteiger partial charge in [0.15, 0.2) is 5.65 Å². The van der Waals surface area contributed by atoms with Crippen LogP contribution in [0.25, 0.3) is 22.6 Å². The number of carboxylic acid groups (broad SMARTS) is 1. The summed E-state index contributed by atoms with van der Waals surface area (Å²) in [5.41, 5.74) is 3.32. The molecule has 1 N–H and O–H groups in total. The summed E-state index contributed by atoms with van der Waals surface area (Å²) in [6.45, 7) is 2.28. The van der Waals surface area contributed by atoms with Gasteiger partial charge in [0.25, 0.3) is 0 Å². The Bertz CT molecular complexity index is 796. The molecule has 0 atom stereocenters. The van der Waals surface area contributed by atoms with Crippen molar-refractivity contribution < 1.29 is 9.90 Å². The molecule has 0 aliphatic carbocycles. The molecule has 106 valence electrons. The lowest BCUT2D eigenvalue weighted by molar-refractivity contribution is -0.137. The molecule has 21 heavy (non-hydrogen) atoms. The van der Waals surface area contributed by atoms with Gasteiger partial charge < -0.3 is 9.67 Å². The third kappa shape index (κ3) is 2.60. The number of carboxylic acids is 1. The van der Waals surface area contributed by atoms with Gasteiger partial charge >= 0.3 is 5.97 Å². The van der Waals surface area contributed by atoms with Crippen LogP contribution >= 0.6 is 0 Å². The molecular weight excluding hydrogens is 268 g/mol. The molecular formula is C15H14N4O2. The number of fused-ring (bicyclic) bond motifs is 1. The van der Waals surface area contributed by atoms with Crippen molar-refractivity contribution in [1.82, 2.24) is 19.5 Å². The van der Waals surface area contributed by atoms with Crippen molar-refractivity contribution in [3.63, 3.8) is 0 Å². The first kappa shape index (κ1) is 13.2. The summed E-state index contributed by atoms with van der Waals surface area (Å²) in [7, 11) is 0. The summed E-state index contributed by atoms with van der Waals surface area (Å²) in [6, 6.07) is 5.67. The Kier molecular flexibility index (Phi) is 3.35. The van der Waals surface area contributed by atoms with Gasteiger partial charge in [-0.3, -0.25) is 9.78 Å². The fraction of sp³-hybridized carbons (Fsp3) is 0.200. The smallest absolute Gasteiger partial charge is 0.305 e. The van der Waals surface area contributed by atoms with Crippen molar-refractivity contribution in [2.24, 2.45) is 0 Å². The lowest BCUT2D eigenvalue weighted by Gasteiger charge is -2.06. The number of carbonyl (C=O) groups is 1. The van der Waals surface area contributed by atoms with E-state index >= 15 is 0 Å². The summed E-state index contributed by atoms with van der Waals surface area (Å²) in [4.78, 5) is 23.9. The van der Waals surface area contributed by atoms with Crippen LogP contribution in [-0.4, -0.2) is 30.6 Å². The van der Waals surface area contributed by atoms with Gasteiger partial charge in [0.05, 0.1) is 6.42 Å². The molecule has 3 aromatic heterocycles. The Labute approximate surface area is 121 Å². The van der Waals surface area contributed by atoms with Crippen LogP contribution in [0.2, 0.25) is 0 Å². The predicted molar refractivity (Wildman–Crippen MR) is 77.7 cm³/mol. The Morgan fingerprint density at radius 2 is 2.24 bits per heavy atom. The topological polar surface area (TPSA) is 80.9 Å². The van der Waals surface area contributed by atoms with E-state index in [-0.39, 0.29) is 6.42 Å². The molecule has 0 aromatic carbocycles. The largest absolute Gasteiger partial charge is 0.481 e. The Balaban J connectivity index is 2.17. The molecule has 0 saturated carbocycles. The van der Waals surface area contributed by atoms with Gasteiger partial charge in [-0.2, -0.15) is 0 Å². The number of imidazole rings is 1. The zero-order chi connectivity index (χ0) is 14.8. The Hall–Kier alpha value is -2.76. The highest BCUT2D eigenvalue weighted by atomic mass is 16.4. The van der Waals surface area contributed by atoms with E-state index in [9.17, 15) is 4.79 Å². The van der Waals surface area contributed by atoms with Crippen LogP contribution in [0.5, 0.6) is 0 Å². The van der Waals surface area contributed by atoms with Crippen LogP contribution in [0.1, 0.15) is 12.0 Å². The van der Waals surface area contributed by atoms with Crippen LogP contribution in [-0.2, 0) is 11.3 Å². The lowest BCUT2D eigenvalue weighted by Crippen LogP contribution is -2.06. The molecule has 3 aromatic rings. The number of hydrogen-bond acceptors (Lipinski definition) is 4. The fourth-order valence-electron chi connectivity index (χ4n) is 2.25. The average Bonchev–Trinajstić information content (AvgIpc) is 2.83. The molecule has 0 unspecified atom stereocenters. The van der Waals surface area contributed by atoms with Gasteiger partial charge in [-0.1, -0.05) is 0 Å². The van der Waals surface area contributed by atoms with E-state index in [0.29, 0.717) is 18.0 Å². The number of nitrogens with zero attached hydrogens (tertiary/aromatic N) is 4. The number of aryl methyl sites for hydroxylation is 2. The second kappa shape index (κ2) is 5.32. The van der Waals surface area contributed by atoms with E-state index in [0.717, 1.165) is 16.6 Å². The molecule has 0 radical (unpaired) electrons. The summed E-state index contributed by atoms with van der Waals surface area (Å²) in [6.07, 6.45) is 5.18. The quantitative estimate of drug-likeness (QED) is 0.794. The molecule has 0 amide bonds. The van der Waals surface area contributed by atoms with E-state index in [4.69, 9.17) is 5.11 Å². The normalized spacial score (nSPS) is 10.9. The van der Waals surface area contributed by atoms with Gasteiger partial charge in [0.1, 0.15) is 11.3 Å². The highest BCUT2D eigenvalue weighted by molar-refractivity contribution is 5.78. The maximum Gasteiger partial charge on any atom is 0.305 e. The summed E-state index contributed by atoms with van der Waals surface area (Å²) in [5, 5.41) is 8.92. The number of rotatable bonds is 4. The molecule has 0 aliphatic heterocycles. The van der Waals surface area contributed by atoms with E-state index < -0.39 is 5.97 Å². The third-order valence-corrected chi connectivity index (χ3v) is 3.19. The molecule has 6 heteroatoms. The average molecular weight is 282 g/mol. The van der Waals surface area contributed by atoms with Crippen molar-refractivity contribution in [2.45, 2.75) is 19.9 Å². The molecule has 0 bridgehead atoms. The van der Waals surface area contributed by atoms with Crippen molar-refractivity contribution in [2.75, 3.05) is 0 Å². The maximum atomic E-state index is 10.9. The number of aromatic nitrogens is 4. The lowest BCUT2D eigenvalue weighted by atomic mass is 10.2. The predicted octanol–water partition coefficient (Wildman–Crippen LogP) is 2.28. The molecule has 0 saturated heterocycles. The number of hydrogen-bond donors (Lipinski definition) is 1. The summed E-state index contributed by atoms with van der Waals surface area (Å²) in [5.74, 6) is -0.154. The Morgan fingerprint density at radius 1 is 1.38 bits per heavy atom. The van der Waals surface area contributed by atoms with Crippen molar-refractivity contribution in [1.29, 1.82) is 0 Å². The van der Waals surface area contributed by atoms with Gasteiger partial charge in [0, 0.05) is 30.7 Å². The molecule has 0 fully saturated rings.